The summed E-state index contributed by atoms with van der Waals surface area (Å²) >= 11 is 3.62. The van der Waals surface area contributed by atoms with E-state index in [1.54, 1.807) is 6.07 Å². The van der Waals surface area contributed by atoms with Crippen LogP contribution in [-0.4, -0.2) is 12.7 Å². The molecule has 0 bridgehead atoms. The van der Waals surface area contributed by atoms with Crippen molar-refractivity contribution in [2.45, 2.75) is 27.2 Å². The summed E-state index contributed by atoms with van der Waals surface area (Å²) in [5, 5.41) is 13.1. The Morgan fingerprint density at radius 2 is 1.10 bits per heavy atom. The van der Waals surface area contributed by atoms with Crippen LogP contribution in [0.5, 0.6) is 5.75 Å². The fraction of sp³-hybridized carbons (Fsp3) is 0.0976. The zero-order valence-electron chi connectivity index (χ0n) is 26.5. The van der Waals surface area contributed by atoms with Crippen molar-refractivity contribution >= 4 is 67.5 Å². The van der Waals surface area contributed by atoms with Gasteiger partial charge in [0, 0.05) is 20.6 Å². The van der Waals surface area contributed by atoms with Crippen LogP contribution in [-0.2, 0) is 0 Å². The van der Waals surface area contributed by atoms with Crippen molar-refractivity contribution in [3.63, 3.8) is 0 Å². The standard InChI is InChI=1S/C18H12BO3.C18H11BrO.C4H9.CH4.Li/c20-19-22-17-8-4-7-16-18(17)14-11-13(9-10-15(14)21-16)12-5-2-1-3-6-12;19-15-7-4-8-17-18(15)14-11-13(9-10-16(14)20-17)12-5-2-1-3-6-12;1-3-4-2;;/h1-11,20H;1-11H;1,3-4H2,2H3;1H4;/q;;-1;;+1. The van der Waals surface area contributed by atoms with E-state index < -0.39 is 0 Å². The Morgan fingerprint density at radius 1 is 0.625 bits per heavy atom. The Bertz CT molecular complexity index is 2210. The molecular weight excluding hydrogens is 654 g/mol. The molecule has 0 unspecified atom stereocenters. The van der Waals surface area contributed by atoms with E-state index in [1.165, 1.54) is 17.5 Å². The average molecular weight is 690 g/mol. The normalized spacial score (nSPS) is 10.3. The molecule has 0 atom stereocenters. The first-order valence-corrected chi connectivity index (χ1v) is 16.0. The minimum atomic E-state index is 0. The molecule has 235 valence electrons. The van der Waals surface area contributed by atoms with Crippen LogP contribution in [0.4, 0.5) is 0 Å². The van der Waals surface area contributed by atoms with Gasteiger partial charge in [-0.2, -0.15) is 6.42 Å². The zero-order chi connectivity index (χ0) is 31.9. The second-order valence-corrected chi connectivity index (χ2v) is 11.5. The molecule has 8 aromatic rings. The van der Waals surface area contributed by atoms with Crippen LogP contribution >= 0.6 is 15.9 Å². The third-order valence-corrected chi connectivity index (χ3v) is 8.31. The molecule has 0 spiro atoms. The SMILES string of the molecule is Brc1cccc2oc3ccc(-c4ccccc4)cc3c12.C.O[B]Oc1cccc2oc3ccc(-c4ccccc4)cc3c12.[CH2-]CCC.[Li+]. The van der Waals surface area contributed by atoms with E-state index in [0.717, 1.165) is 65.9 Å². The van der Waals surface area contributed by atoms with Crippen LogP contribution in [0.1, 0.15) is 27.2 Å². The van der Waals surface area contributed by atoms with Gasteiger partial charge in [-0.1, -0.05) is 122 Å². The Hall–Kier alpha value is -4.18. The minimum absolute atomic E-state index is 0. The van der Waals surface area contributed by atoms with Crippen molar-refractivity contribution in [2.24, 2.45) is 0 Å². The van der Waals surface area contributed by atoms with Gasteiger partial charge in [-0.05, 0) is 70.8 Å². The van der Waals surface area contributed by atoms with E-state index in [4.69, 9.17) is 18.5 Å². The Labute approximate surface area is 303 Å². The molecule has 48 heavy (non-hydrogen) atoms. The number of benzene rings is 6. The van der Waals surface area contributed by atoms with Gasteiger partial charge >= 0.3 is 26.5 Å². The van der Waals surface area contributed by atoms with Gasteiger partial charge in [0.25, 0.3) is 0 Å². The molecule has 6 aromatic carbocycles. The van der Waals surface area contributed by atoms with E-state index in [-0.39, 0.29) is 26.3 Å². The molecule has 0 saturated carbocycles. The number of fused-ring (bicyclic) bond motifs is 6. The molecule has 0 aliphatic heterocycles. The summed E-state index contributed by atoms with van der Waals surface area (Å²) in [6.45, 7) is 5.72. The van der Waals surface area contributed by atoms with E-state index in [0.29, 0.717) is 13.4 Å². The summed E-state index contributed by atoms with van der Waals surface area (Å²) in [6, 6.07) is 44.6. The second kappa shape index (κ2) is 17.3. The molecule has 0 amide bonds. The number of halogens is 1. The monoisotopic (exact) mass is 689 g/mol. The van der Waals surface area contributed by atoms with Gasteiger partial charge in [-0.15, -0.1) is 0 Å². The molecule has 1 radical (unpaired) electrons. The van der Waals surface area contributed by atoms with Crippen molar-refractivity contribution in [1.29, 1.82) is 0 Å². The first-order chi connectivity index (χ1) is 22.6. The summed E-state index contributed by atoms with van der Waals surface area (Å²) in [5.74, 6) is 0.573. The molecular formula is C41H36BBrLiO4. The third-order valence-electron chi connectivity index (χ3n) is 7.65. The molecule has 0 aliphatic carbocycles. The fourth-order valence-electron chi connectivity index (χ4n) is 5.35. The maximum absolute atomic E-state index is 8.94. The van der Waals surface area contributed by atoms with Gasteiger partial charge in [-0.25, -0.2) is 0 Å². The Morgan fingerprint density at radius 3 is 1.60 bits per heavy atom. The van der Waals surface area contributed by atoms with Crippen LogP contribution in [0.2, 0.25) is 0 Å². The number of hydrogen-bond acceptors (Lipinski definition) is 4. The first kappa shape index (κ1) is 36.7. The number of hydrogen-bond donors (Lipinski definition) is 1. The van der Waals surface area contributed by atoms with Crippen molar-refractivity contribution in [3.05, 3.63) is 145 Å². The van der Waals surface area contributed by atoms with Crippen LogP contribution in [0.15, 0.2) is 147 Å². The van der Waals surface area contributed by atoms with Crippen LogP contribution in [0, 0.1) is 6.92 Å². The summed E-state index contributed by atoms with van der Waals surface area (Å²) in [7, 11) is 0.689. The topological polar surface area (TPSA) is 55.7 Å². The average Bonchev–Trinajstić information content (AvgIpc) is 3.68. The molecule has 8 rings (SSSR count). The number of unbranched alkanes of at least 4 members (excludes halogenated alkanes) is 1. The summed E-state index contributed by atoms with van der Waals surface area (Å²) in [4.78, 5) is 0. The maximum atomic E-state index is 8.94. The Balaban J connectivity index is 0.000000189. The van der Waals surface area contributed by atoms with E-state index in [2.05, 4.69) is 84.4 Å². The van der Waals surface area contributed by atoms with Gasteiger partial charge in [-0.3, -0.25) is 0 Å². The second-order valence-electron chi connectivity index (χ2n) is 10.7. The maximum Gasteiger partial charge on any atom is 1.00 e. The molecule has 1 N–H and O–H groups in total. The van der Waals surface area contributed by atoms with Gasteiger partial charge in [0.1, 0.15) is 28.1 Å². The predicted molar refractivity (Wildman–Crippen MR) is 202 cm³/mol. The van der Waals surface area contributed by atoms with Crippen molar-refractivity contribution in [3.8, 4) is 28.0 Å². The minimum Gasteiger partial charge on any atom is -0.537 e. The molecule has 4 nitrogen and oxygen atoms in total. The molecule has 0 aliphatic rings. The van der Waals surface area contributed by atoms with Crippen LogP contribution in [0.25, 0.3) is 66.1 Å². The Kier molecular flexibility index (Phi) is 13.2. The van der Waals surface area contributed by atoms with E-state index >= 15 is 0 Å². The molecule has 7 heteroatoms. The summed E-state index contributed by atoms with van der Waals surface area (Å²) < 4.78 is 18.0. The summed E-state index contributed by atoms with van der Waals surface area (Å²) in [6.07, 6.45) is 2.28. The first-order valence-electron chi connectivity index (χ1n) is 15.2. The third kappa shape index (κ3) is 7.92. The largest absolute Gasteiger partial charge is 1.00 e. The zero-order valence-corrected chi connectivity index (χ0v) is 28.0. The van der Waals surface area contributed by atoms with Crippen LogP contribution < -0.4 is 23.5 Å². The number of furan rings is 2. The molecule has 0 saturated heterocycles. The van der Waals surface area contributed by atoms with Gasteiger partial charge in [0.05, 0.1) is 5.39 Å². The summed E-state index contributed by atoms with van der Waals surface area (Å²) in [5.41, 5.74) is 8.05. The van der Waals surface area contributed by atoms with E-state index in [1.807, 2.05) is 72.8 Å². The smallest absolute Gasteiger partial charge is 0.537 e. The quantitative estimate of drug-likeness (QED) is 0.145. The van der Waals surface area contributed by atoms with E-state index in [9.17, 15) is 0 Å². The predicted octanol–water partition coefficient (Wildman–Crippen LogP) is 9.43. The van der Waals surface area contributed by atoms with Crippen molar-refractivity contribution < 1.29 is 37.4 Å². The molecule has 2 aromatic heterocycles. The van der Waals surface area contributed by atoms with Crippen LogP contribution in [0.3, 0.4) is 0 Å². The molecule has 2 heterocycles. The van der Waals surface area contributed by atoms with Crippen molar-refractivity contribution in [1.82, 2.24) is 0 Å². The van der Waals surface area contributed by atoms with Crippen molar-refractivity contribution in [2.75, 3.05) is 0 Å². The van der Waals surface area contributed by atoms with Gasteiger partial charge < -0.3 is 25.4 Å². The number of rotatable bonds is 5. The molecule has 0 fully saturated rings. The van der Waals surface area contributed by atoms with Gasteiger partial charge in [0.2, 0.25) is 0 Å². The van der Waals surface area contributed by atoms with Gasteiger partial charge in [0.15, 0.2) is 0 Å². The fourth-order valence-corrected chi connectivity index (χ4v) is 5.91.